The van der Waals surface area contributed by atoms with Crippen molar-refractivity contribution in [1.82, 2.24) is 14.9 Å². The van der Waals surface area contributed by atoms with Crippen LogP contribution in [0, 0.1) is 5.82 Å². The summed E-state index contributed by atoms with van der Waals surface area (Å²) >= 11 is 0. The van der Waals surface area contributed by atoms with Crippen molar-refractivity contribution in [3.8, 4) is 0 Å². The molecule has 1 unspecified atom stereocenters. The van der Waals surface area contributed by atoms with Crippen LogP contribution >= 0.6 is 0 Å². The molecule has 2 aromatic rings. The zero-order chi connectivity index (χ0) is 12.7. The standard InChI is InChI=1S/C12H13FN4O/c13-7-1-3-10-9(5-7)16-12(14)17(10)8-2-4-11(18)15-6-8/h1,3,5,8H,2,4,6H2,(H2,14,16)(H,15,18). The van der Waals surface area contributed by atoms with Gasteiger partial charge >= 0.3 is 0 Å². The molecule has 18 heavy (non-hydrogen) atoms. The van der Waals surface area contributed by atoms with Crippen LogP contribution in [0.3, 0.4) is 0 Å². The third kappa shape index (κ3) is 1.70. The molecule has 0 saturated carbocycles. The Kier molecular flexibility index (Phi) is 2.43. The molecule has 1 fully saturated rings. The molecule has 2 heterocycles. The number of benzene rings is 1. The van der Waals surface area contributed by atoms with Crippen molar-refractivity contribution in [3.63, 3.8) is 0 Å². The zero-order valence-corrected chi connectivity index (χ0v) is 9.69. The van der Waals surface area contributed by atoms with E-state index in [-0.39, 0.29) is 17.8 Å². The maximum Gasteiger partial charge on any atom is 0.220 e. The molecule has 6 heteroatoms. The van der Waals surface area contributed by atoms with E-state index >= 15 is 0 Å². The second kappa shape index (κ2) is 3.97. The summed E-state index contributed by atoms with van der Waals surface area (Å²) in [6.45, 7) is 0.534. The molecule has 94 valence electrons. The van der Waals surface area contributed by atoms with Crippen LogP contribution < -0.4 is 11.1 Å². The van der Waals surface area contributed by atoms with Gasteiger partial charge in [-0.2, -0.15) is 0 Å². The monoisotopic (exact) mass is 248 g/mol. The van der Waals surface area contributed by atoms with Crippen LogP contribution in [0.25, 0.3) is 11.0 Å². The van der Waals surface area contributed by atoms with Gasteiger partial charge in [0.15, 0.2) is 0 Å². The number of rotatable bonds is 1. The summed E-state index contributed by atoms with van der Waals surface area (Å²) in [5, 5.41) is 2.81. The van der Waals surface area contributed by atoms with E-state index in [1.807, 2.05) is 4.57 Å². The number of nitrogen functional groups attached to an aromatic ring is 1. The molecule has 0 bridgehead atoms. The van der Waals surface area contributed by atoms with Gasteiger partial charge in [0, 0.05) is 19.0 Å². The van der Waals surface area contributed by atoms with E-state index in [1.165, 1.54) is 12.1 Å². The number of fused-ring (bicyclic) bond motifs is 1. The SMILES string of the molecule is Nc1nc2cc(F)ccc2n1C1CCC(=O)NC1. The fourth-order valence-corrected chi connectivity index (χ4v) is 2.41. The quantitative estimate of drug-likeness (QED) is 0.796. The average molecular weight is 248 g/mol. The van der Waals surface area contributed by atoms with Gasteiger partial charge in [-0.1, -0.05) is 0 Å². The lowest BCUT2D eigenvalue weighted by molar-refractivity contribution is -0.122. The summed E-state index contributed by atoms with van der Waals surface area (Å²) in [5.74, 6) is 0.0844. The van der Waals surface area contributed by atoms with Crippen molar-refractivity contribution in [2.75, 3.05) is 12.3 Å². The maximum atomic E-state index is 13.1. The second-order valence-corrected chi connectivity index (χ2v) is 4.47. The highest BCUT2D eigenvalue weighted by Gasteiger charge is 2.23. The molecule has 3 N–H and O–H groups in total. The van der Waals surface area contributed by atoms with Crippen LogP contribution in [-0.4, -0.2) is 22.0 Å². The molecule has 0 spiro atoms. The van der Waals surface area contributed by atoms with Crippen LogP contribution in [0.1, 0.15) is 18.9 Å². The highest BCUT2D eigenvalue weighted by molar-refractivity contribution is 5.79. The predicted octanol–water partition coefficient (Wildman–Crippen LogP) is 1.21. The third-order valence-electron chi connectivity index (χ3n) is 3.28. The third-order valence-corrected chi connectivity index (χ3v) is 3.28. The first kappa shape index (κ1) is 11.0. The van der Waals surface area contributed by atoms with E-state index < -0.39 is 0 Å². The summed E-state index contributed by atoms with van der Waals surface area (Å²) in [5.41, 5.74) is 7.23. The molecule has 0 aliphatic carbocycles. The number of amides is 1. The molecule has 1 saturated heterocycles. The van der Waals surface area contributed by atoms with E-state index in [2.05, 4.69) is 10.3 Å². The summed E-state index contributed by atoms with van der Waals surface area (Å²) in [7, 11) is 0. The molecule has 3 rings (SSSR count). The van der Waals surface area contributed by atoms with Crippen molar-refractivity contribution in [1.29, 1.82) is 0 Å². The Morgan fingerprint density at radius 3 is 3.06 bits per heavy atom. The van der Waals surface area contributed by atoms with Gasteiger partial charge < -0.3 is 15.6 Å². The molecule has 1 aromatic carbocycles. The zero-order valence-electron chi connectivity index (χ0n) is 9.69. The number of hydrogen-bond acceptors (Lipinski definition) is 3. The molecule has 1 aromatic heterocycles. The molecular formula is C12H13FN4O. The number of carbonyl (C=O) groups is 1. The van der Waals surface area contributed by atoms with Crippen LogP contribution in [0.4, 0.5) is 10.3 Å². The number of hydrogen-bond donors (Lipinski definition) is 2. The van der Waals surface area contributed by atoms with Crippen LogP contribution in [0.5, 0.6) is 0 Å². The summed E-state index contributed by atoms with van der Waals surface area (Å²) in [6.07, 6.45) is 1.20. The number of nitrogens with two attached hydrogens (primary N) is 1. The predicted molar refractivity (Wildman–Crippen MR) is 65.4 cm³/mol. The van der Waals surface area contributed by atoms with Gasteiger partial charge in [0.2, 0.25) is 11.9 Å². The largest absolute Gasteiger partial charge is 0.369 e. The van der Waals surface area contributed by atoms with Crippen molar-refractivity contribution in [2.24, 2.45) is 0 Å². The first-order valence-corrected chi connectivity index (χ1v) is 5.85. The molecule has 1 aliphatic rings. The Balaban J connectivity index is 2.05. The lowest BCUT2D eigenvalue weighted by atomic mass is 10.1. The van der Waals surface area contributed by atoms with Gasteiger partial charge in [0.1, 0.15) is 5.82 Å². The lowest BCUT2D eigenvalue weighted by Gasteiger charge is -2.25. The molecular weight excluding hydrogens is 235 g/mol. The van der Waals surface area contributed by atoms with Gasteiger partial charge in [-0.3, -0.25) is 4.79 Å². The average Bonchev–Trinajstić information content (AvgIpc) is 2.65. The fraction of sp³-hybridized carbons (Fsp3) is 0.333. The van der Waals surface area contributed by atoms with Gasteiger partial charge in [0.25, 0.3) is 0 Å². The Bertz CT molecular complexity index is 612. The van der Waals surface area contributed by atoms with E-state index in [1.54, 1.807) is 6.07 Å². The minimum Gasteiger partial charge on any atom is -0.369 e. The number of imidazole rings is 1. The van der Waals surface area contributed by atoms with E-state index in [4.69, 9.17) is 5.73 Å². The first-order chi connectivity index (χ1) is 8.65. The number of aromatic nitrogens is 2. The number of halogens is 1. The van der Waals surface area contributed by atoms with Crippen LogP contribution in [0.15, 0.2) is 18.2 Å². The van der Waals surface area contributed by atoms with E-state index in [9.17, 15) is 9.18 Å². The number of carbonyl (C=O) groups excluding carboxylic acids is 1. The highest BCUT2D eigenvalue weighted by Crippen LogP contribution is 2.27. The highest BCUT2D eigenvalue weighted by atomic mass is 19.1. The molecule has 0 radical (unpaired) electrons. The maximum absolute atomic E-state index is 13.1. The van der Waals surface area contributed by atoms with Crippen molar-refractivity contribution >= 4 is 22.9 Å². The van der Waals surface area contributed by atoms with Crippen LogP contribution in [0.2, 0.25) is 0 Å². The fourth-order valence-electron chi connectivity index (χ4n) is 2.41. The molecule has 1 atom stereocenters. The minimum atomic E-state index is -0.330. The molecule has 1 aliphatic heterocycles. The Morgan fingerprint density at radius 2 is 2.33 bits per heavy atom. The van der Waals surface area contributed by atoms with E-state index in [0.29, 0.717) is 24.4 Å². The van der Waals surface area contributed by atoms with Gasteiger partial charge in [-0.25, -0.2) is 9.37 Å². The second-order valence-electron chi connectivity index (χ2n) is 4.47. The minimum absolute atomic E-state index is 0.0558. The van der Waals surface area contributed by atoms with Gasteiger partial charge in [0.05, 0.1) is 17.1 Å². The summed E-state index contributed by atoms with van der Waals surface area (Å²) in [4.78, 5) is 15.3. The summed E-state index contributed by atoms with van der Waals surface area (Å²) < 4.78 is 15.0. The number of anilines is 1. The number of nitrogens with one attached hydrogen (secondary N) is 1. The summed E-state index contributed by atoms with van der Waals surface area (Å²) in [6, 6.07) is 4.51. The Labute approximate surface area is 103 Å². The van der Waals surface area contributed by atoms with Gasteiger partial charge in [-0.05, 0) is 18.6 Å². The van der Waals surface area contributed by atoms with Crippen LogP contribution in [-0.2, 0) is 4.79 Å². The smallest absolute Gasteiger partial charge is 0.220 e. The molecule has 1 amide bonds. The van der Waals surface area contributed by atoms with E-state index in [0.717, 1.165) is 11.9 Å². The first-order valence-electron chi connectivity index (χ1n) is 5.85. The van der Waals surface area contributed by atoms with Crippen molar-refractivity contribution < 1.29 is 9.18 Å². The molecule has 5 nitrogen and oxygen atoms in total. The van der Waals surface area contributed by atoms with Gasteiger partial charge in [-0.15, -0.1) is 0 Å². The Morgan fingerprint density at radius 1 is 1.50 bits per heavy atom. The van der Waals surface area contributed by atoms with Crippen molar-refractivity contribution in [2.45, 2.75) is 18.9 Å². The Hall–Kier alpha value is -2.11. The number of nitrogens with zero attached hydrogens (tertiary/aromatic N) is 2. The van der Waals surface area contributed by atoms with Crippen molar-refractivity contribution in [3.05, 3.63) is 24.0 Å². The number of piperidine rings is 1. The normalized spacial score (nSPS) is 20.1. The lowest BCUT2D eigenvalue weighted by Crippen LogP contribution is -2.36. The topological polar surface area (TPSA) is 72.9 Å².